The second kappa shape index (κ2) is 6.31. The van der Waals surface area contributed by atoms with Crippen molar-refractivity contribution in [2.45, 2.75) is 52.0 Å². The number of rotatable bonds is 5. The van der Waals surface area contributed by atoms with Gasteiger partial charge in [-0.15, -0.1) is 0 Å². The van der Waals surface area contributed by atoms with Gasteiger partial charge in [-0.05, 0) is 58.2 Å². The number of benzene rings is 1. The highest BCUT2D eigenvalue weighted by Crippen LogP contribution is 2.20. The third-order valence-corrected chi connectivity index (χ3v) is 3.44. The van der Waals surface area contributed by atoms with E-state index in [9.17, 15) is 0 Å². The molecule has 1 aromatic carbocycles. The molecule has 108 valence electrons. The van der Waals surface area contributed by atoms with Gasteiger partial charge in [0.2, 0.25) is 0 Å². The van der Waals surface area contributed by atoms with Crippen molar-refractivity contribution in [2.24, 2.45) is 0 Å². The molecule has 0 aliphatic rings. The van der Waals surface area contributed by atoms with Crippen LogP contribution in [0.25, 0.3) is 11.0 Å². The van der Waals surface area contributed by atoms with Gasteiger partial charge < -0.3 is 5.32 Å². The molecule has 0 fully saturated rings. The molecule has 0 spiro atoms. The Labute approximate surface area is 121 Å². The van der Waals surface area contributed by atoms with Crippen LogP contribution >= 0.6 is 0 Å². The maximum Gasteiger partial charge on any atom is 0.0890 e. The highest BCUT2D eigenvalue weighted by Gasteiger charge is 2.11. The fourth-order valence-corrected chi connectivity index (χ4v) is 2.23. The first-order chi connectivity index (χ1) is 9.46. The van der Waals surface area contributed by atoms with E-state index < -0.39 is 0 Å². The zero-order chi connectivity index (χ0) is 14.6. The van der Waals surface area contributed by atoms with Crippen molar-refractivity contribution < 1.29 is 0 Å². The molecule has 0 saturated carbocycles. The molecule has 1 atom stereocenters. The van der Waals surface area contributed by atoms with Crippen LogP contribution in [0.2, 0.25) is 0 Å². The maximum atomic E-state index is 4.72. The first kappa shape index (κ1) is 14.9. The molecule has 2 rings (SSSR count). The van der Waals surface area contributed by atoms with E-state index >= 15 is 0 Å². The van der Waals surface area contributed by atoms with Gasteiger partial charge in [0.05, 0.1) is 16.7 Å². The van der Waals surface area contributed by atoms with Gasteiger partial charge in [0.15, 0.2) is 0 Å². The van der Waals surface area contributed by atoms with E-state index in [1.807, 2.05) is 30.5 Å². The van der Waals surface area contributed by atoms with E-state index in [1.165, 1.54) is 0 Å². The molecule has 3 heteroatoms. The lowest BCUT2D eigenvalue weighted by molar-refractivity contribution is 0.413. The molecule has 20 heavy (non-hydrogen) atoms. The SMILES string of the molecule is CC(CCCNC(C)(C)C)c1cnc2ccccc2n1. The Bertz CT molecular complexity index is 557. The number of hydrogen-bond acceptors (Lipinski definition) is 3. The highest BCUT2D eigenvalue weighted by atomic mass is 14.9. The van der Waals surface area contributed by atoms with Crippen molar-refractivity contribution >= 4 is 11.0 Å². The fraction of sp³-hybridized carbons (Fsp3) is 0.529. The molecule has 1 unspecified atom stereocenters. The lowest BCUT2D eigenvalue weighted by atomic mass is 10.0. The number of aromatic nitrogens is 2. The van der Waals surface area contributed by atoms with E-state index in [2.05, 4.69) is 38.0 Å². The first-order valence-corrected chi connectivity index (χ1v) is 7.42. The minimum Gasteiger partial charge on any atom is -0.312 e. The Morgan fingerprint density at radius 1 is 1.15 bits per heavy atom. The molecule has 0 radical (unpaired) electrons. The van der Waals surface area contributed by atoms with E-state index in [4.69, 9.17) is 4.98 Å². The Morgan fingerprint density at radius 2 is 1.85 bits per heavy atom. The fourth-order valence-electron chi connectivity index (χ4n) is 2.23. The maximum absolute atomic E-state index is 4.72. The lowest BCUT2D eigenvalue weighted by Crippen LogP contribution is -2.36. The van der Waals surface area contributed by atoms with Gasteiger partial charge >= 0.3 is 0 Å². The minimum absolute atomic E-state index is 0.200. The highest BCUT2D eigenvalue weighted by molar-refractivity contribution is 5.73. The van der Waals surface area contributed by atoms with Crippen molar-refractivity contribution in [2.75, 3.05) is 6.54 Å². The number of nitrogens with zero attached hydrogens (tertiary/aromatic N) is 2. The van der Waals surface area contributed by atoms with Gasteiger partial charge in [-0.3, -0.25) is 4.98 Å². The quantitative estimate of drug-likeness (QED) is 0.838. The largest absolute Gasteiger partial charge is 0.312 e. The number of para-hydroxylation sites is 2. The van der Waals surface area contributed by atoms with Gasteiger partial charge in [-0.2, -0.15) is 0 Å². The Hall–Kier alpha value is -1.48. The van der Waals surface area contributed by atoms with Gasteiger partial charge in [0.25, 0.3) is 0 Å². The average molecular weight is 271 g/mol. The van der Waals surface area contributed by atoms with Crippen LogP contribution in [-0.4, -0.2) is 22.1 Å². The number of fused-ring (bicyclic) bond motifs is 1. The average Bonchev–Trinajstić information content (AvgIpc) is 2.42. The third kappa shape index (κ3) is 4.27. The number of hydrogen-bond donors (Lipinski definition) is 1. The van der Waals surface area contributed by atoms with Crippen LogP contribution < -0.4 is 5.32 Å². The van der Waals surface area contributed by atoms with Crippen LogP contribution in [0, 0.1) is 0 Å². The van der Waals surface area contributed by atoms with Gasteiger partial charge in [0.1, 0.15) is 0 Å². The Kier molecular flexibility index (Phi) is 4.71. The minimum atomic E-state index is 0.200. The molecular formula is C17H25N3. The van der Waals surface area contributed by atoms with Crippen molar-refractivity contribution in [3.8, 4) is 0 Å². The summed E-state index contributed by atoms with van der Waals surface area (Å²) in [6.45, 7) is 9.88. The van der Waals surface area contributed by atoms with Crippen LogP contribution in [0.3, 0.4) is 0 Å². The molecule has 3 nitrogen and oxygen atoms in total. The molecule has 0 saturated heterocycles. The van der Waals surface area contributed by atoms with Gasteiger partial charge in [0, 0.05) is 11.7 Å². The molecule has 1 aromatic heterocycles. The second-order valence-electron chi connectivity index (χ2n) is 6.50. The van der Waals surface area contributed by atoms with Crippen molar-refractivity contribution in [3.63, 3.8) is 0 Å². The molecule has 0 bridgehead atoms. The summed E-state index contributed by atoms with van der Waals surface area (Å²) < 4.78 is 0. The topological polar surface area (TPSA) is 37.8 Å². The summed E-state index contributed by atoms with van der Waals surface area (Å²) >= 11 is 0. The van der Waals surface area contributed by atoms with Crippen LogP contribution in [0.15, 0.2) is 30.5 Å². The standard InChI is InChI=1S/C17H25N3/c1-13(8-7-11-19-17(2,3)4)16-12-18-14-9-5-6-10-15(14)20-16/h5-6,9-10,12-13,19H,7-8,11H2,1-4H3. The Morgan fingerprint density at radius 3 is 2.55 bits per heavy atom. The molecule has 0 aliphatic heterocycles. The van der Waals surface area contributed by atoms with Gasteiger partial charge in [-0.25, -0.2) is 4.98 Å². The summed E-state index contributed by atoms with van der Waals surface area (Å²) in [6.07, 6.45) is 4.22. The summed E-state index contributed by atoms with van der Waals surface area (Å²) in [7, 11) is 0. The molecule has 1 N–H and O–H groups in total. The van der Waals surface area contributed by atoms with Crippen molar-refractivity contribution in [1.29, 1.82) is 0 Å². The summed E-state index contributed by atoms with van der Waals surface area (Å²) in [5.41, 5.74) is 3.26. The summed E-state index contributed by atoms with van der Waals surface area (Å²) in [6, 6.07) is 8.04. The monoisotopic (exact) mass is 271 g/mol. The molecule has 0 amide bonds. The summed E-state index contributed by atoms with van der Waals surface area (Å²) in [5.74, 6) is 0.453. The smallest absolute Gasteiger partial charge is 0.0890 e. The first-order valence-electron chi connectivity index (χ1n) is 7.42. The van der Waals surface area contributed by atoms with Crippen LogP contribution in [0.1, 0.15) is 52.1 Å². The van der Waals surface area contributed by atoms with E-state index in [0.717, 1.165) is 36.1 Å². The van der Waals surface area contributed by atoms with Crippen molar-refractivity contribution in [3.05, 3.63) is 36.2 Å². The molecule has 1 heterocycles. The van der Waals surface area contributed by atoms with Crippen molar-refractivity contribution in [1.82, 2.24) is 15.3 Å². The zero-order valence-electron chi connectivity index (χ0n) is 13.0. The predicted octanol–water partition coefficient (Wildman–Crippen LogP) is 3.90. The van der Waals surface area contributed by atoms with Crippen LogP contribution in [0.4, 0.5) is 0 Å². The van der Waals surface area contributed by atoms with Gasteiger partial charge in [-0.1, -0.05) is 19.1 Å². The van der Waals surface area contributed by atoms with E-state index in [1.54, 1.807) is 0 Å². The Balaban J connectivity index is 1.92. The third-order valence-electron chi connectivity index (χ3n) is 3.44. The summed E-state index contributed by atoms with van der Waals surface area (Å²) in [4.78, 5) is 9.21. The zero-order valence-corrected chi connectivity index (χ0v) is 13.0. The van der Waals surface area contributed by atoms with Crippen LogP contribution in [-0.2, 0) is 0 Å². The molecule has 0 aliphatic carbocycles. The van der Waals surface area contributed by atoms with E-state index in [0.29, 0.717) is 5.92 Å². The second-order valence-corrected chi connectivity index (χ2v) is 6.50. The normalized spacial score (nSPS) is 13.6. The molecule has 2 aromatic rings. The predicted molar refractivity (Wildman–Crippen MR) is 84.9 cm³/mol. The number of nitrogens with one attached hydrogen (secondary N) is 1. The van der Waals surface area contributed by atoms with Crippen LogP contribution in [0.5, 0.6) is 0 Å². The summed E-state index contributed by atoms with van der Waals surface area (Å²) in [5, 5.41) is 3.52. The lowest BCUT2D eigenvalue weighted by Gasteiger charge is -2.21. The van der Waals surface area contributed by atoms with E-state index in [-0.39, 0.29) is 5.54 Å². The molecular weight excluding hydrogens is 246 g/mol.